The molecule has 0 aromatic rings. The van der Waals surface area contributed by atoms with Crippen molar-refractivity contribution < 1.29 is 38.4 Å². The van der Waals surface area contributed by atoms with E-state index in [-0.39, 0.29) is 19.6 Å². The van der Waals surface area contributed by atoms with Gasteiger partial charge in [0.15, 0.2) is 9.26 Å². The minimum Gasteiger partial charge on any atom is -0.388 e. The Balaban J connectivity index is 2.95. The fourth-order valence-electron chi connectivity index (χ4n) is 2.20. The Hall–Kier alpha value is 0.910. The minimum atomic E-state index is -3.62. The van der Waals surface area contributed by atoms with Gasteiger partial charge in [-0.25, -0.2) is 0 Å². The van der Waals surface area contributed by atoms with Gasteiger partial charge in [-0.15, -0.1) is 0 Å². The summed E-state index contributed by atoms with van der Waals surface area (Å²) in [7, 11) is -2.32. The number of rotatable bonds is 8. The van der Waals surface area contributed by atoms with E-state index in [1.54, 1.807) is 13.8 Å². The first-order valence-electron chi connectivity index (χ1n) is 7.13. The molecular weight excluding hydrogens is 463 g/mol. The summed E-state index contributed by atoms with van der Waals surface area (Å²) in [6, 6.07) is 0. The zero-order valence-corrected chi connectivity index (χ0v) is 17.2. The highest BCUT2D eigenvalue weighted by atomic mass is 79.9. The van der Waals surface area contributed by atoms with E-state index < -0.39 is 41.3 Å². The van der Waals surface area contributed by atoms with Crippen LogP contribution in [0, 0.1) is 0 Å². The lowest BCUT2D eigenvalue weighted by atomic mass is 9.97. The molecule has 138 valence electrons. The monoisotopic (exact) mass is 484 g/mol. The van der Waals surface area contributed by atoms with Gasteiger partial charge in [-0.3, -0.25) is 4.57 Å². The maximum absolute atomic E-state index is 12.9. The van der Waals surface area contributed by atoms with Gasteiger partial charge < -0.3 is 33.8 Å². The van der Waals surface area contributed by atoms with Crippen molar-refractivity contribution >= 4 is 39.5 Å². The van der Waals surface area contributed by atoms with Gasteiger partial charge in [0.05, 0.1) is 19.3 Å². The molecule has 11 heteroatoms. The second-order valence-corrected chi connectivity index (χ2v) is 12.2. The van der Waals surface area contributed by atoms with Gasteiger partial charge in [0, 0.05) is 13.5 Å². The van der Waals surface area contributed by atoms with Crippen molar-refractivity contribution in [2.45, 2.75) is 53.9 Å². The molecule has 3 N–H and O–H groups in total. The standard InChI is InChI=1S/C12H23Br2O8P/c1-4-20-23(18,21-5-2)12(13,14)6-7-8(15)9(16)10(17)11(19-3)22-7/h7-11,15-17H,4-6H2,1-3H3/t7-,8-,9+,10-,11+/m1/s1. The van der Waals surface area contributed by atoms with E-state index in [1.165, 1.54) is 7.11 Å². The topological polar surface area (TPSA) is 115 Å². The maximum atomic E-state index is 12.9. The van der Waals surface area contributed by atoms with Crippen molar-refractivity contribution in [1.29, 1.82) is 0 Å². The molecule has 1 heterocycles. The number of alkyl halides is 2. The lowest BCUT2D eigenvalue weighted by molar-refractivity contribution is -0.290. The molecule has 0 bridgehead atoms. The predicted molar refractivity (Wildman–Crippen MR) is 89.8 cm³/mol. The molecule has 1 aliphatic heterocycles. The quantitative estimate of drug-likeness (QED) is 0.350. The van der Waals surface area contributed by atoms with Gasteiger partial charge in [0.2, 0.25) is 0 Å². The Bertz CT molecular complexity index is 412. The zero-order chi connectivity index (χ0) is 17.8. The Morgan fingerprint density at radius 1 is 1.09 bits per heavy atom. The molecule has 0 saturated carbocycles. The molecule has 8 nitrogen and oxygen atoms in total. The number of hydrogen-bond donors (Lipinski definition) is 3. The van der Waals surface area contributed by atoms with Crippen LogP contribution in [0.1, 0.15) is 20.3 Å². The molecule has 23 heavy (non-hydrogen) atoms. The molecular formula is C12H23Br2O8P. The molecule has 0 unspecified atom stereocenters. The largest absolute Gasteiger partial charge is 0.388 e. The summed E-state index contributed by atoms with van der Waals surface area (Å²) in [6.07, 6.45) is -6.43. The van der Waals surface area contributed by atoms with Crippen molar-refractivity contribution in [3.8, 4) is 0 Å². The Morgan fingerprint density at radius 3 is 2.04 bits per heavy atom. The van der Waals surface area contributed by atoms with Crippen molar-refractivity contribution in [1.82, 2.24) is 0 Å². The maximum Gasteiger partial charge on any atom is 0.357 e. The third-order valence-corrected chi connectivity index (χ3v) is 8.78. The molecule has 1 rings (SSSR count). The van der Waals surface area contributed by atoms with Gasteiger partial charge in [0.25, 0.3) is 0 Å². The van der Waals surface area contributed by atoms with Gasteiger partial charge in [-0.05, 0) is 13.8 Å². The van der Waals surface area contributed by atoms with Crippen LogP contribution in [-0.2, 0) is 23.1 Å². The molecule has 5 atom stereocenters. The van der Waals surface area contributed by atoms with E-state index in [0.717, 1.165) is 0 Å². The summed E-state index contributed by atoms with van der Waals surface area (Å²) in [5.74, 6) is 0. The Kier molecular flexibility index (Phi) is 8.61. The fourth-order valence-corrected chi connectivity index (χ4v) is 5.60. The Morgan fingerprint density at radius 2 is 1.61 bits per heavy atom. The van der Waals surface area contributed by atoms with E-state index in [0.29, 0.717) is 0 Å². The van der Waals surface area contributed by atoms with E-state index in [9.17, 15) is 19.9 Å². The average molecular weight is 486 g/mol. The van der Waals surface area contributed by atoms with E-state index >= 15 is 0 Å². The number of methoxy groups -OCH3 is 1. The van der Waals surface area contributed by atoms with Crippen LogP contribution in [0.2, 0.25) is 0 Å². The first-order chi connectivity index (χ1) is 10.6. The first-order valence-corrected chi connectivity index (χ1v) is 10.3. The van der Waals surface area contributed by atoms with Gasteiger partial charge in [-0.1, -0.05) is 31.9 Å². The lowest BCUT2D eigenvalue weighted by Crippen LogP contribution is -2.58. The van der Waals surface area contributed by atoms with Gasteiger partial charge >= 0.3 is 7.60 Å². The number of halogens is 2. The summed E-state index contributed by atoms with van der Waals surface area (Å²) in [5, 5.41) is 29.8. The highest BCUT2D eigenvalue weighted by Gasteiger charge is 2.53. The van der Waals surface area contributed by atoms with Crippen molar-refractivity contribution in [3.63, 3.8) is 0 Å². The molecule has 1 saturated heterocycles. The van der Waals surface area contributed by atoms with Gasteiger partial charge in [0.1, 0.15) is 18.3 Å². The van der Waals surface area contributed by atoms with Crippen LogP contribution in [0.4, 0.5) is 0 Å². The normalized spacial score (nSPS) is 33.0. The van der Waals surface area contributed by atoms with Crippen molar-refractivity contribution in [2.24, 2.45) is 0 Å². The van der Waals surface area contributed by atoms with Crippen LogP contribution in [0.15, 0.2) is 0 Å². The van der Waals surface area contributed by atoms with Crippen LogP contribution in [0.3, 0.4) is 0 Å². The Labute approximate surface area is 152 Å². The third-order valence-electron chi connectivity index (χ3n) is 3.35. The van der Waals surface area contributed by atoms with E-state index in [1.807, 2.05) is 0 Å². The van der Waals surface area contributed by atoms with Crippen LogP contribution in [0.25, 0.3) is 0 Å². The second-order valence-electron chi connectivity index (χ2n) is 4.95. The molecule has 0 aliphatic carbocycles. The summed E-state index contributed by atoms with van der Waals surface area (Å²) in [4.78, 5) is 0. The molecule has 0 aromatic heterocycles. The molecule has 0 aromatic carbocycles. The van der Waals surface area contributed by atoms with E-state index in [4.69, 9.17) is 18.5 Å². The summed E-state index contributed by atoms with van der Waals surface area (Å²) in [6.45, 7) is 3.67. The highest BCUT2D eigenvalue weighted by Crippen LogP contribution is 2.68. The van der Waals surface area contributed by atoms with Crippen LogP contribution >= 0.6 is 39.5 Å². The van der Waals surface area contributed by atoms with Crippen molar-refractivity contribution in [2.75, 3.05) is 20.3 Å². The third kappa shape index (κ3) is 4.97. The first kappa shape index (κ1) is 22.0. The van der Waals surface area contributed by atoms with Crippen molar-refractivity contribution in [3.05, 3.63) is 0 Å². The molecule has 0 radical (unpaired) electrons. The molecule has 0 amide bonds. The van der Waals surface area contributed by atoms with Crippen LogP contribution < -0.4 is 0 Å². The van der Waals surface area contributed by atoms with Gasteiger partial charge in [-0.2, -0.15) is 0 Å². The number of aliphatic hydroxyl groups excluding tert-OH is 3. The molecule has 0 spiro atoms. The average Bonchev–Trinajstić information content (AvgIpc) is 2.48. The summed E-state index contributed by atoms with van der Waals surface area (Å²) in [5.41, 5.74) is 0. The smallest absolute Gasteiger partial charge is 0.357 e. The van der Waals surface area contributed by atoms with Crippen LogP contribution in [-0.4, -0.2) is 69.3 Å². The van der Waals surface area contributed by atoms with E-state index in [2.05, 4.69) is 31.9 Å². The lowest BCUT2D eigenvalue weighted by Gasteiger charge is -2.42. The summed E-state index contributed by atoms with van der Waals surface area (Å²) < 4.78 is 32.5. The number of aliphatic hydroxyl groups is 3. The summed E-state index contributed by atoms with van der Waals surface area (Å²) >= 11 is 6.55. The van der Waals surface area contributed by atoms with Crippen LogP contribution in [0.5, 0.6) is 0 Å². The second kappa shape index (κ2) is 9.02. The zero-order valence-electron chi connectivity index (χ0n) is 13.1. The fraction of sp³-hybridized carbons (Fsp3) is 1.00. The highest BCUT2D eigenvalue weighted by molar-refractivity contribution is 9.27. The minimum absolute atomic E-state index is 0.0743. The molecule has 1 aliphatic rings. The SMILES string of the molecule is CCOP(=O)(OCC)C(Br)(Br)C[C@H]1O[C@H](OC)[C@H](O)[C@@H](O)[C@@H]1O. The molecule has 1 fully saturated rings. The predicted octanol–water partition coefficient (Wildman–Crippen LogP) is 1.54. The number of hydrogen-bond acceptors (Lipinski definition) is 8. The number of ether oxygens (including phenoxy) is 2.